The molecule has 1 N–H and O–H groups in total. The summed E-state index contributed by atoms with van der Waals surface area (Å²) >= 11 is 7.76. The molecule has 0 saturated carbocycles. The number of carbonyl (C=O) groups is 2. The first-order valence-corrected chi connectivity index (χ1v) is 12.7. The van der Waals surface area contributed by atoms with Crippen molar-refractivity contribution in [3.8, 4) is 0 Å². The number of aliphatic carboxylic acids is 1. The van der Waals surface area contributed by atoms with E-state index < -0.39 is 23.8 Å². The van der Waals surface area contributed by atoms with Gasteiger partial charge in [0, 0.05) is 47.4 Å². The molecule has 1 aromatic carbocycles. The lowest BCUT2D eigenvalue weighted by Gasteiger charge is -2.40. The van der Waals surface area contributed by atoms with Crippen molar-refractivity contribution >= 4 is 40.7 Å². The van der Waals surface area contributed by atoms with E-state index in [1.54, 1.807) is 19.3 Å². The quantitative estimate of drug-likeness (QED) is 0.484. The highest BCUT2D eigenvalue weighted by Gasteiger charge is 2.35. The van der Waals surface area contributed by atoms with Gasteiger partial charge < -0.3 is 19.5 Å². The fourth-order valence-corrected chi connectivity index (χ4v) is 5.07. The van der Waals surface area contributed by atoms with Crippen LogP contribution >= 0.6 is 22.9 Å². The minimum absolute atomic E-state index is 0.0208. The largest absolute Gasteiger partial charge is 0.481 e. The molecule has 1 fully saturated rings. The summed E-state index contributed by atoms with van der Waals surface area (Å²) in [6.45, 7) is 3.71. The fourth-order valence-electron chi connectivity index (χ4n) is 4.15. The molecule has 1 saturated heterocycles. The molecule has 2 aliphatic rings. The van der Waals surface area contributed by atoms with E-state index in [1.165, 1.54) is 29.5 Å². The van der Waals surface area contributed by atoms with E-state index in [-0.39, 0.29) is 29.7 Å². The zero-order valence-electron chi connectivity index (χ0n) is 19.6. The number of carboxylic acid groups (broad SMARTS) is 1. The standard InChI is InChI=1S/C24H26ClFN4O5S/c1-2-35-24(33)18-12-30(14-29-8-9-34-13-16(29)4-6-20(31)32)22(23-27-7-10-36-23)28-21(18)17-5-3-15(26)11-19(17)25/h3,5,7,10-12,16,21H,2,4,6,8-9,13-14H2,1H3,(H,31,32). The number of benzene rings is 1. The van der Waals surface area contributed by atoms with E-state index in [4.69, 9.17) is 31.2 Å². The third-order valence-electron chi connectivity index (χ3n) is 5.88. The van der Waals surface area contributed by atoms with E-state index >= 15 is 0 Å². The summed E-state index contributed by atoms with van der Waals surface area (Å²) in [5.74, 6) is -1.40. The summed E-state index contributed by atoms with van der Waals surface area (Å²) < 4.78 is 24.7. The van der Waals surface area contributed by atoms with Gasteiger partial charge in [0.1, 0.15) is 11.9 Å². The van der Waals surface area contributed by atoms with Crippen molar-refractivity contribution in [1.29, 1.82) is 0 Å². The van der Waals surface area contributed by atoms with Crippen molar-refractivity contribution in [2.45, 2.75) is 31.8 Å². The molecule has 192 valence electrons. The highest BCUT2D eigenvalue weighted by molar-refractivity contribution is 7.11. The van der Waals surface area contributed by atoms with Crippen molar-refractivity contribution in [1.82, 2.24) is 14.8 Å². The van der Waals surface area contributed by atoms with Gasteiger partial charge in [-0.1, -0.05) is 17.7 Å². The number of ether oxygens (including phenoxy) is 2. The zero-order chi connectivity index (χ0) is 25.7. The number of halogens is 2. The topological polar surface area (TPSA) is 105 Å². The summed E-state index contributed by atoms with van der Waals surface area (Å²) in [6, 6.07) is 3.04. The van der Waals surface area contributed by atoms with Crippen LogP contribution in [0.1, 0.15) is 36.4 Å². The monoisotopic (exact) mass is 536 g/mol. The van der Waals surface area contributed by atoms with E-state index in [1.807, 2.05) is 10.3 Å². The van der Waals surface area contributed by atoms with Crippen LogP contribution in [-0.2, 0) is 19.1 Å². The number of esters is 1. The van der Waals surface area contributed by atoms with Gasteiger partial charge in [-0.05, 0) is 25.5 Å². The van der Waals surface area contributed by atoms with E-state index in [0.717, 1.165) is 0 Å². The molecule has 0 amide bonds. The summed E-state index contributed by atoms with van der Waals surface area (Å²) in [6.07, 6.45) is 3.79. The van der Waals surface area contributed by atoms with Crippen molar-refractivity contribution in [3.63, 3.8) is 0 Å². The fraction of sp³-hybridized carbons (Fsp3) is 0.417. The Morgan fingerprint density at radius 3 is 2.92 bits per heavy atom. The molecule has 12 heteroatoms. The van der Waals surface area contributed by atoms with Gasteiger partial charge in [-0.2, -0.15) is 0 Å². The van der Waals surface area contributed by atoms with Gasteiger partial charge in [-0.25, -0.2) is 14.2 Å². The van der Waals surface area contributed by atoms with Crippen LogP contribution in [0, 0.1) is 5.82 Å². The summed E-state index contributed by atoms with van der Waals surface area (Å²) in [5, 5.41) is 11.8. The average molecular weight is 537 g/mol. The Bertz CT molecular complexity index is 1160. The Balaban J connectivity index is 1.73. The molecule has 1 aromatic heterocycles. The normalized spacial score (nSPS) is 20.6. The van der Waals surface area contributed by atoms with Crippen molar-refractivity contribution in [3.05, 3.63) is 63.0 Å². The van der Waals surface area contributed by atoms with Crippen LogP contribution < -0.4 is 0 Å². The van der Waals surface area contributed by atoms with Gasteiger partial charge in [-0.3, -0.25) is 14.7 Å². The van der Waals surface area contributed by atoms with E-state index in [2.05, 4.69) is 9.88 Å². The number of thiazole rings is 1. The minimum Gasteiger partial charge on any atom is -0.481 e. The molecule has 2 atom stereocenters. The number of aliphatic imine (C=N–C) groups is 1. The molecular formula is C24H26ClFN4O5S. The molecule has 0 spiro atoms. The molecule has 0 bridgehead atoms. The highest BCUT2D eigenvalue weighted by Crippen LogP contribution is 2.37. The van der Waals surface area contributed by atoms with Gasteiger partial charge >= 0.3 is 11.9 Å². The highest BCUT2D eigenvalue weighted by atomic mass is 35.5. The van der Waals surface area contributed by atoms with Crippen LogP contribution in [0.5, 0.6) is 0 Å². The van der Waals surface area contributed by atoms with Crippen molar-refractivity contribution < 1.29 is 28.6 Å². The number of carboxylic acids is 1. The second-order valence-corrected chi connectivity index (χ2v) is 9.55. The number of hydrogen-bond acceptors (Lipinski definition) is 9. The number of carbonyl (C=O) groups excluding carboxylic acids is 1. The van der Waals surface area contributed by atoms with E-state index in [9.17, 15) is 14.0 Å². The second-order valence-electron chi connectivity index (χ2n) is 8.25. The SMILES string of the molecule is CCOC(=O)C1=CN(CN2CCOCC2CCC(=O)O)C(c2nccs2)=NC1c1ccc(F)cc1Cl. The number of morpholine rings is 1. The first kappa shape index (κ1) is 26.2. The van der Waals surface area contributed by atoms with Gasteiger partial charge in [0.05, 0.1) is 32.1 Å². The molecule has 4 rings (SSSR count). The predicted molar refractivity (Wildman–Crippen MR) is 132 cm³/mol. The molecule has 0 radical (unpaired) electrons. The Hall–Kier alpha value is -2.86. The molecule has 0 aliphatic carbocycles. The second kappa shape index (κ2) is 11.9. The van der Waals surface area contributed by atoms with Crippen LogP contribution in [0.2, 0.25) is 5.02 Å². The third-order valence-corrected chi connectivity index (χ3v) is 6.98. The smallest absolute Gasteiger partial charge is 0.338 e. The lowest BCUT2D eigenvalue weighted by Crippen LogP contribution is -2.51. The van der Waals surface area contributed by atoms with Gasteiger partial charge in [0.2, 0.25) is 0 Å². The Morgan fingerprint density at radius 2 is 2.22 bits per heavy atom. The molecule has 9 nitrogen and oxygen atoms in total. The van der Waals surface area contributed by atoms with Crippen LogP contribution in [-0.4, -0.2) is 76.7 Å². The molecular weight excluding hydrogens is 511 g/mol. The number of hydrogen-bond donors (Lipinski definition) is 1. The average Bonchev–Trinajstić information content (AvgIpc) is 3.38. The van der Waals surface area contributed by atoms with Crippen LogP contribution in [0.4, 0.5) is 4.39 Å². The maximum absolute atomic E-state index is 13.8. The maximum Gasteiger partial charge on any atom is 0.338 e. The number of aromatic nitrogens is 1. The first-order chi connectivity index (χ1) is 17.4. The molecule has 3 heterocycles. The lowest BCUT2D eigenvalue weighted by atomic mass is 9.98. The van der Waals surface area contributed by atoms with Crippen molar-refractivity contribution in [2.24, 2.45) is 4.99 Å². The van der Waals surface area contributed by atoms with Crippen LogP contribution in [0.3, 0.4) is 0 Å². The summed E-state index contributed by atoms with van der Waals surface area (Å²) in [7, 11) is 0. The summed E-state index contributed by atoms with van der Waals surface area (Å²) in [4.78, 5) is 37.4. The lowest BCUT2D eigenvalue weighted by molar-refractivity contribution is -0.139. The molecule has 2 aliphatic heterocycles. The molecule has 2 unspecified atom stereocenters. The Labute approximate surface area is 216 Å². The predicted octanol–water partition coefficient (Wildman–Crippen LogP) is 3.71. The first-order valence-electron chi connectivity index (χ1n) is 11.5. The Kier molecular flexibility index (Phi) is 8.68. The summed E-state index contributed by atoms with van der Waals surface area (Å²) in [5.41, 5.74) is 0.720. The number of nitrogens with zero attached hydrogens (tertiary/aromatic N) is 4. The van der Waals surface area contributed by atoms with Gasteiger partial charge in [0.15, 0.2) is 10.8 Å². The third kappa shape index (κ3) is 6.09. The molecule has 2 aromatic rings. The molecule has 36 heavy (non-hydrogen) atoms. The Morgan fingerprint density at radius 1 is 1.39 bits per heavy atom. The van der Waals surface area contributed by atoms with Gasteiger partial charge in [0.25, 0.3) is 0 Å². The van der Waals surface area contributed by atoms with Crippen LogP contribution in [0.15, 0.2) is 46.5 Å². The number of amidine groups is 1. The number of rotatable bonds is 9. The minimum atomic E-state index is -0.868. The van der Waals surface area contributed by atoms with Crippen molar-refractivity contribution in [2.75, 3.05) is 33.0 Å². The van der Waals surface area contributed by atoms with E-state index in [0.29, 0.717) is 49.3 Å². The maximum atomic E-state index is 13.8. The van der Waals surface area contributed by atoms with Gasteiger partial charge in [-0.15, -0.1) is 11.3 Å². The van der Waals surface area contributed by atoms with Crippen LogP contribution in [0.25, 0.3) is 0 Å². The zero-order valence-corrected chi connectivity index (χ0v) is 21.2.